The lowest BCUT2D eigenvalue weighted by molar-refractivity contribution is -0.149. The number of rotatable bonds is 6. The van der Waals surface area contributed by atoms with Crippen molar-refractivity contribution in [3.8, 4) is 17.2 Å². The molecule has 2 aliphatic rings. The number of carbonyl (C=O) groups excluding carboxylic acids is 2. The number of ether oxygens (including phenoxy) is 4. The molecule has 4 rings (SSSR count). The first-order valence-electron chi connectivity index (χ1n) is 9.77. The summed E-state index contributed by atoms with van der Waals surface area (Å²) >= 11 is 0. The minimum atomic E-state index is -0.617. The predicted molar refractivity (Wildman–Crippen MR) is 105 cm³/mol. The topological polar surface area (TPSA) is 83.1 Å². The van der Waals surface area contributed by atoms with Crippen LogP contribution in [0.25, 0.3) is 0 Å². The Labute approximate surface area is 168 Å². The van der Waals surface area contributed by atoms with Gasteiger partial charge in [0.25, 0.3) is 11.7 Å². The molecule has 1 amide bonds. The van der Waals surface area contributed by atoms with Crippen molar-refractivity contribution in [1.29, 1.82) is 0 Å². The highest BCUT2D eigenvalue weighted by atomic mass is 16.7. The number of amides is 1. The maximum Gasteiger partial charge on any atom is 0.344 e. The zero-order valence-corrected chi connectivity index (χ0v) is 16.0. The third-order valence-electron chi connectivity index (χ3n) is 4.90. The van der Waals surface area contributed by atoms with E-state index < -0.39 is 24.3 Å². The Balaban J connectivity index is 1.24. The van der Waals surface area contributed by atoms with Crippen molar-refractivity contribution < 1.29 is 28.5 Å². The molecule has 1 heterocycles. The van der Waals surface area contributed by atoms with E-state index in [4.69, 9.17) is 18.9 Å². The molecule has 1 fully saturated rings. The van der Waals surface area contributed by atoms with Crippen LogP contribution in [-0.4, -0.2) is 30.9 Å². The zero-order chi connectivity index (χ0) is 20.1. The second kappa shape index (κ2) is 8.43. The number of carbonyl (C=O) groups is 2. The summed E-state index contributed by atoms with van der Waals surface area (Å²) in [4.78, 5) is 23.8. The van der Waals surface area contributed by atoms with Crippen LogP contribution in [0.15, 0.2) is 48.5 Å². The highest BCUT2D eigenvalue weighted by Crippen LogP contribution is 2.46. The number of fused-ring (bicyclic) bond motifs is 1. The monoisotopic (exact) mass is 397 g/mol. The number of nitrogens with one attached hydrogen (secondary N) is 1. The highest BCUT2D eigenvalue weighted by molar-refractivity contribution is 5.93. The summed E-state index contributed by atoms with van der Waals surface area (Å²) in [6, 6.07) is 14.2. The van der Waals surface area contributed by atoms with Gasteiger partial charge in [0.05, 0.1) is 0 Å². The first-order valence-corrected chi connectivity index (χ1v) is 9.77. The fraction of sp³-hybridized carbons (Fsp3) is 0.364. The summed E-state index contributed by atoms with van der Waals surface area (Å²) in [6.45, 7) is -0.654. The van der Waals surface area contributed by atoms with Gasteiger partial charge in [0.1, 0.15) is 5.75 Å². The number of para-hydroxylation sites is 1. The van der Waals surface area contributed by atoms with Crippen LogP contribution in [0.4, 0.5) is 5.69 Å². The molecule has 1 aliphatic carbocycles. The fourth-order valence-electron chi connectivity index (χ4n) is 3.51. The van der Waals surface area contributed by atoms with Crippen LogP contribution in [0.3, 0.4) is 0 Å². The normalized spacial score (nSPS) is 16.3. The van der Waals surface area contributed by atoms with Crippen LogP contribution in [0.5, 0.6) is 17.2 Å². The van der Waals surface area contributed by atoms with Crippen molar-refractivity contribution in [2.24, 2.45) is 0 Å². The first kappa shape index (κ1) is 19.1. The van der Waals surface area contributed by atoms with E-state index in [1.165, 1.54) is 6.42 Å². The van der Waals surface area contributed by atoms with E-state index in [-0.39, 0.29) is 6.61 Å². The van der Waals surface area contributed by atoms with Gasteiger partial charge < -0.3 is 24.3 Å². The van der Waals surface area contributed by atoms with Gasteiger partial charge in [0.2, 0.25) is 0 Å². The van der Waals surface area contributed by atoms with Crippen molar-refractivity contribution in [3.63, 3.8) is 0 Å². The Morgan fingerprint density at radius 2 is 1.69 bits per heavy atom. The molecule has 7 nitrogen and oxygen atoms in total. The average molecular weight is 397 g/mol. The molecule has 7 heteroatoms. The molecular formula is C22H23NO6. The Morgan fingerprint density at radius 3 is 2.48 bits per heavy atom. The number of esters is 1. The smallest absolute Gasteiger partial charge is 0.344 e. The first-order chi connectivity index (χ1) is 14.1. The standard InChI is InChI=1S/C22H23NO6/c24-20(14-27-21(25)15-26-17-7-3-1-4-8-17)23-16-9-10-18-19(13-16)29-22(28-18)11-5-2-6-12-22/h1,3-4,7-10,13H,2,5-6,11-12,14-15H2,(H,23,24). The van der Waals surface area contributed by atoms with E-state index in [9.17, 15) is 9.59 Å². The second-order valence-electron chi connectivity index (χ2n) is 7.15. The van der Waals surface area contributed by atoms with Crippen molar-refractivity contribution >= 4 is 17.6 Å². The minimum Gasteiger partial charge on any atom is -0.482 e. The van der Waals surface area contributed by atoms with Crippen LogP contribution in [0.1, 0.15) is 32.1 Å². The van der Waals surface area contributed by atoms with Crippen LogP contribution in [0, 0.1) is 0 Å². The Kier molecular flexibility index (Phi) is 5.55. The van der Waals surface area contributed by atoms with Crippen LogP contribution in [0.2, 0.25) is 0 Å². The summed E-state index contributed by atoms with van der Waals surface area (Å²) in [6.07, 6.45) is 5.09. The molecule has 29 heavy (non-hydrogen) atoms. The van der Waals surface area contributed by atoms with Gasteiger partial charge in [-0.1, -0.05) is 24.6 Å². The molecule has 0 unspecified atom stereocenters. The molecular weight excluding hydrogens is 374 g/mol. The molecule has 2 aromatic carbocycles. The van der Waals surface area contributed by atoms with E-state index >= 15 is 0 Å². The van der Waals surface area contributed by atoms with Crippen molar-refractivity contribution in [2.75, 3.05) is 18.5 Å². The van der Waals surface area contributed by atoms with Gasteiger partial charge in [-0.3, -0.25) is 4.79 Å². The maximum atomic E-state index is 12.1. The Hall–Kier alpha value is -3.22. The Bertz CT molecular complexity index is 876. The summed E-state index contributed by atoms with van der Waals surface area (Å²) in [7, 11) is 0. The summed E-state index contributed by atoms with van der Waals surface area (Å²) in [5.74, 6) is 0.257. The van der Waals surface area contributed by atoms with Crippen LogP contribution < -0.4 is 19.5 Å². The molecule has 1 aliphatic heterocycles. The molecule has 0 saturated heterocycles. The van der Waals surface area contributed by atoms with Gasteiger partial charge in [-0.2, -0.15) is 0 Å². The van der Waals surface area contributed by atoms with Gasteiger partial charge in [-0.15, -0.1) is 0 Å². The summed E-state index contributed by atoms with van der Waals surface area (Å²) < 4.78 is 22.3. The fourth-order valence-corrected chi connectivity index (χ4v) is 3.51. The quantitative estimate of drug-likeness (QED) is 0.749. The molecule has 1 spiro atoms. The van der Waals surface area contributed by atoms with Crippen LogP contribution >= 0.6 is 0 Å². The summed E-state index contributed by atoms with van der Waals surface area (Å²) in [5.41, 5.74) is 0.557. The highest BCUT2D eigenvalue weighted by Gasteiger charge is 2.42. The molecule has 0 bridgehead atoms. The van der Waals surface area contributed by atoms with Crippen LogP contribution in [-0.2, 0) is 14.3 Å². The molecule has 0 aromatic heterocycles. The lowest BCUT2D eigenvalue weighted by atomic mass is 9.94. The van der Waals surface area contributed by atoms with Crippen molar-refractivity contribution in [2.45, 2.75) is 37.9 Å². The van der Waals surface area contributed by atoms with E-state index in [1.807, 2.05) is 6.07 Å². The number of benzene rings is 2. The summed E-state index contributed by atoms with van der Waals surface area (Å²) in [5, 5.41) is 2.70. The molecule has 0 atom stereocenters. The lowest BCUT2D eigenvalue weighted by Crippen LogP contribution is -2.40. The average Bonchev–Trinajstić information content (AvgIpc) is 3.08. The van der Waals surface area contributed by atoms with Gasteiger partial charge in [-0.05, 0) is 37.1 Å². The molecule has 2 aromatic rings. The van der Waals surface area contributed by atoms with E-state index in [0.29, 0.717) is 22.9 Å². The zero-order valence-electron chi connectivity index (χ0n) is 16.0. The van der Waals surface area contributed by atoms with E-state index in [2.05, 4.69) is 5.32 Å². The molecule has 1 N–H and O–H groups in total. The van der Waals surface area contributed by atoms with Gasteiger partial charge in [0.15, 0.2) is 24.7 Å². The largest absolute Gasteiger partial charge is 0.482 e. The molecule has 0 radical (unpaired) electrons. The number of anilines is 1. The van der Waals surface area contributed by atoms with Gasteiger partial charge >= 0.3 is 5.97 Å². The number of hydrogen-bond donors (Lipinski definition) is 1. The maximum absolute atomic E-state index is 12.1. The van der Waals surface area contributed by atoms with Crippen molar-refractivity contribution in [3.05, 3.63) is 48.5 Å². The number of hydrogen-bond acceptors (Lipinski definition) is 6. The second-order valence-corrected chi connectivity index (χ2v) is 7.15. The molecule has 152 valence electrons. The SMILES string of the molecule is O=C(COC(=O)COc1ccccc1)Nc1ccc2c(c1)OC1(CCCCC1)O2. The Morgan fingerprint density at radius 1 is 0.931 bits per heavy atom. The van der Waals surface area contributed by atoms with Crippen molar-refractivity contribution in [1.82, 2.24) is 0 Å². The van der Waals surface area contributed by atoms with Gasteiger partial charge in [-0.25, -0.2) is 4.79 Å². The third-order valence-corrected chi connectivity index (χ3v) is 4.90. The van der Waals surface area contributed by atoms with Gasteiger partial charge in [0, 0.05) is 24.6 Å². The predicted octanol–water partition coefficient (Wildman–Crippen LogP) is 3.68. The minimum absolute atomic E-state index is 0.261. The lowest BCUT2D eigenvalue weighted by Gasteiger charge is -2.31. The molecule has 1 saturated carbocycles. The van der Waals surface area contributed by atoms with E-state index in [0.717, 1.165) is 25.7 Å². The third kappa shape index (κ3) is 4.80. The van der Waals surface area contributed by atoms with E-state index in [1.54, 1.807) is 42.5 Å².